The monoisotopic (exact) mass is 290 g/mol. The van der Waals surface area contributed by atoms with Gasteiger partial charge in [0.1, 0.15) is 5.69 Å². The van der Waals surface area contributed by atoms with Crippen LogP contribution in [0.5, 0.6) is 0 Å². The Morgan fingerprint density at radius 1 is 1.25 bits per heavy atom. The van der Waals surface area contributed by atoms with Gasteiger partial charge in [-0.05, 0) is 44.5 Å². The number of hydrogen-bond donors (Lipinski definition) is 1. The minimum absolute atomic E-state index is 0.369. The summed E-state index contributed by atoms with van der Waals surface area (Å²) in [5, 5.41) is 3.76. The molecule has 0 radical (unpaired) electrons. The quantitative estimate of drug-likeness (QED) is 0.940. The van der Waals surface area contributed by atoms with E-state index in [0.717, 1.165) is 17.9 Å². The molecule has 0 aromatic carbocycles. The molecule has 20 heavy (non-hydrogen) atoms. The Morgan fingerprint density at radius 2 is 1.90 bits per heavy atom. The van der Waals surface area contributed by atoms with Crippen LogP contribution in [0.25, 0.3) is 11.5 Å². The molecule has 1 N–H and O–H groups in total. The van der Waals surface area contributed by atoms with Crippen LogP contribution >= 0.6 is 11.6 Å². The topological polar surface area (TPSA) is 50.7 Å². The smallest absolute Gasteiger partial charge is 0.180 e. The average Bonchev–Trinajstić information content (AvgIpc) is 2.38. The van der Waals surface area contributed by atoms with Crippen LogP contribution < -0.4 is 5.32 Å². The molecule has 0 saturated carbocycles. The molecule has 5 heteroatoms. The molecular formula is C15H19ClN4. The molecule has 2 aromatic rings. The van der Waals surface area contributed by atoms with Crippen molar-refractivity contribution in [2.75, 3.05) is 13.6 Å². The number of hydrogen-bond acceptors (Lipinski definition) is 4. The number of nitrogens with one attached hydrogen (secondary N) is 1. The van der Waals surface area contributed by atoms with E-state index >= 15 is 0 Å². The van der Waals surface area contributed by atoms with Crippen molar-refractivity contribution in [3.8, 4) is 11.5 Å². The van der Waals surface area contributed by atoms with Crippen molar-refractivity contribution in [3.63, 3.8) is 0 Å². The lowest BCUT2D eigenvalue weighted by Gasteiger charge is -2.17. The molecule has 0 aliphatic heterocycles. The molecule has 2 rings (SSSR count). The van der Waals surface area contributed by atoms with Crippen molar-refractivity contribution in [3.05, 3.63) is 40.3 Å². The van der Waals surface area contributed by atoms with Gasteiger partial charge in [-0.15, -0.1) is 0 Å². The molecule has 0 saturated heterocycles. The van der Waals surface area contributed by atoms with Crippen molar-refractivity contribution >= 4 is 11.6 Å². The fourth-order valence-electron chi connectivity index (χ4n) is 2.50. The molecule has 4 nitrogen and oxygen atoms in total. The summed E-state index contributed by atoms with van der Waals surface area (Å²) < 4.78 is 0. The third-order valence-electron chi connectivity index (χ3n) is 3.30. The Kier molecular flexibility index (Phi) is 4.68. The van der Waals surface area contributed by atoms with Crippen LogP contribution in [0.2, 0.25) is 5.02 Å². The van der Waals surface area contributed by atoms with Crippen molar-refractivity contribution in [2.45, 2.75) is 26.7 Å². The van der Waals surface area contributed by atoms with E-state index in [2.05, 4.69) is 27.2 Å². The summed E-state index contributed by atoms with van der Waals surface area (Å²) >= 11 is 6.16. The van der Waals surface area contributed by atoms with Crippen molar-refractivity contribution in [2.24, 2.45) is 0 Å². The first kappa shape index (κ1) is 14.9. The summed E-state index contributed by atoms with van der Waals surface area (Å²) in [6.07, 6.45) is 1.70. The second-order valence-electron chi connectivity index (χ2n) is 4.92. The highest BCUT2D eigenvalue weighted by Crippen LogP contribution is 2.26. The first-order chi connectivity index (χ1) is 9.54. The molecule has 1 unspecified atom stereocenters. The van der Waals surface area contributed by atoms with Gasteiger partial charge in [0.15, 0.2) is 5.82 Å². The summed E-state index contributed by atoms with van der Waals surface area (Å²) in [5.41, 5.74) is 3.79. The van der Waals surface area contributed by atoms with E-state index in [1.807, 2.05) is 20.9 Å². The van der Waals surface area contributed by atoms with E-state index in [0.29, 0.717) is 22.5 Å². The number of aryl methyl sites for hydroxylation is 2. The Bertz CT molecular complexity index is 590. The lowest BCUT2D eigenvalue weighted by atomic mass is 9.98. The summed E-state index contributed by atoms with van der Waals surface area (Å²) in [5.74, 6) is 0.958. The van der Waals surface area contributed by atoms with Gasteiger partial charge in [0.05, 0.1) is 5.02 Å². The summed E-state index contributed by atoms with van der Waals surface area (Å²) in [6.45, 7) is 7.09. The van der Waals surface area contributed by atoms with Gasteiger partial charge in [-0.3, -0.25) is 4.98 Å². The predicted molar refractivity (Wildman–Crippen MR) is 82.1 cm³/mol. The molecule has 1 atom stereocenters. The summed E-state index contributed by atoms with van der Waals surface area (Å²) in [6, 6.07) is 3.60. The first-order valence-electron chi connectivity index (χ1n) is 6.65. The van der Waals surface area contributed by atoms with E-state index in [9.17, 15) is 0 Å². The number of aromatic nitrogens is 3. The van der Waals surface area contributed by atoms with Crippen molar-refractivity contribution in [1.82, 2.24) is 20.3 Å². The predicted octanol–water partition coefficient (Wildman–Crippen LogP) is 3.13. The Labute approximate surface area is 124 Å². The van der Waals surface area contributed by atoms with E-state index in [-0.39, 0.29) is 0 Å². The zero-order valence-corrected chi connectivity index (χ0v) is 13.0. The van der Waals surface area contributed by atoms with Crippen molar-refractivity contribution in [1.29, 1.82) is 0 Å². The molecule has 0 spiro atoms. The lowest BCUT2D eigenvalue weighted by molar-refractivity contribution is 0.662. The molecule has 2 aromatic heterocycles. The van der Waals surface area contributed by atoms with Crippen LogP contribution in [0.1, 0.15) is 29.8 Å². The fourth-order valence-corrected chi connectivity index (χ4v) is 2.71. The molecule has 0 fully saturated rings. The van der Waals surface area contributed by atoms with E-state index in [1.54, 1.807) is 18.3 Å². The minimum atomic E-state index is 0.369. The number of pyridine rings is 1. The highest BCUT2D eigenvalue weighted by molar-refractivity contribution is 6.32. The third-order valence-corrected chi connectivity index (χ3v) is 3.61. The van der Waals surface area contributed by atoms with Crippen LogP contribution in [0.4, 0.5) is 0 Å². The third kappa shape index (κ3) is 2.97. The van der Waals surface area contributed by atoms with Crippen LogP contribution in [0.3, 0.4) is 0 Å². The Balaban J connectivity index is 2.48. The fraction of sp³-hybridized carbons (Fsp3) is 0.400. The molecular weight excluding hydrogens is 272 g/mol. The highest BCUT2D eigenvalue weighted by Gasteiger charge is 2.16. The van der Waals surface area contributed by atoms with Gasteiger partial charge >= 0.3 is 0 Å². The molecule has 0 amide bonds. The molecule has 0 bridgehead atoms. The SMILES string of the molecule is CNCC(C)c1c(C)nc(-c2ncccc2Cl)nc1C. The minimum Gasteiger partial charge on any atom is -0.319 e. The number of rotatable bonds is 4. The second-order valence-corrected chi connectivity index (χ2v) is 5.33. The maximum absolute atomic E-state index is 6.16. The summed E-state index contributed by atoms with van der Waals surface area (Å²) in [4.78, 5) is 13.4. The van der Waals surface area contributed by atoms with Gasteiger partial charge in [0.2, 0.25) is 0 Å². The second kappa shape index (κ2) is 6.29. The highest BCUT2D eigenvalue weighted by atomic mass is 35.5. The zero-order chi connectivity index (χ0) is 14.7. The Morgan fingerprint density at radius 3 is 2.45 bits per heavy atom. The maximum atomic E-state index is 6.16. The van der Waals surface area contributed by atoms with Gasteiger partial charge < -0.3 is 5.32 Å². The van der Waals surface area contributed by atoms with Crippen LogP contribution in [-0.4, -0.2) is 28.5 Å². The van der Waals surface area contributed by atoms with E-state index < -0.39 is 0 Å². The normalized spacial score (nSPS) is 12.4. The largest absolute Gasteiger partial charge is 0.319 e. The maximum Gasteiger partial charge on any atom is 0.180 e. The van der Waals surface area contributed by atoms with Gasteiger partial charge in [-0.2, -0.15) is 0 Å². The number of nitrogens with zero attached hydrogens (tertiary/aromatic N) is 3. The average molecular weight is 291 g/mol. The van der Waals surface area contributed by atoms with E-state index in [4.69, 9.17) is 11.6 Å². The van der Waals surface area contributed by atoms with Gasteiger partial charge in [-0.1, -0.05) is 18.5 Å². The lowest BCUT2D eigenvalue weighted by Crippen LogP contribution is -2.17. The Hall–Kier alpha value is -1.52. The first-order valence-corrected chi connectivity index (χ1v) is 7.03. The molecule has 106 valence electrons. The van der Waals surface area contributed by atoms with Gasteiger partial charge in [0, 0.05) is 24.1 Å². The van der Waals surface area contributed by atoms with Crippen molar-refractivity contribution < 1.29 is 0 Å². The number of halogens is 1. The van der Waals surface area contributed by atoms with Crippen LogP contribution in [0, 0.1) is 13.8 Å². The van der Waals surface area contributed by atoms with Crippen LogP contribution in [0.15, 0.2) is 18.3 Å². The molecule has 0 aliphatic carbocycles. The standard InChI is InChI=1S/C15H19ClN4/c1-9(8-17-4)13-10(2)19-15(20-11(13)3)14-12(16)6-5-7-18-14/h5-7,9,17H,8H2,1-4H3. The van der Waals surface area contributed by atoms with E-state index in [1.165, 1.54) is 5.56 Å². The molecule has 0 aliphatic rings. The summed E-state index contributed by atoms with van der Waals surface area (Å²) in [7, 11) is 1.95. The molecule has 2 heterocycles. The zero-order valence-electron chi connectivity index (χ0n) is 12.2. The van der Waals surface area contributed by atoms with Crippen LogP contribution in [-0.2, 0) is 0 Å². The van der Waals surface area contributed by atoms with Gasteiger partial charge in [-0.25, -0.2) is 9.97 Å². The van der Waals surface area contributed by atoms with Gasteiger partial charge in [0.25, 0.3) is 0 Å². The number of likely N-dealkylation sites (N-methyl/N-ethyl adjacent to an activating group) is 1.